The number of carbonyl (C=O) groups is 1. The van der Waals surface area contributed by atoms with Gasteiger partial charge in [-0.25, -0.2) is 0 Å². The summed E-state index contributed by atoms with van der Waals surface area (Å²) >= 11 is 1.45. The van der Waals surface area contributed by atoms with Crippen LogP contribution < -0.4 is 0 Å². The van der Waals surface area contributed by atoms with Crippen LogP contribution in [-0.4, -0.2) is 10.2 Å². The van der Waals surface area contributed by atoms with Gasteiger partial charge in [-0.2, -0.15) is 4.37 Å². The fourth-order valence-electron chi connectivity index (χ4n) is 1.09. The van der Waals surface area contributed by atoms with Gasteiger partial charge < -0.3 is 0 Å². The maximum absolute atomic E-state index is 11.0. The second-order valence-corrected chi connectivity index (χ2v) is 3.47. The summed E-state index contributed by atoms with van der Waals surface area (Å²) in [5.74, 6) is 0.100. The summed E-state index contributed by atoms with van der Waals surface area (Å²) in [6, 6.07) is 5.65. The standard InChI is InChI=1S/C9H7NOS.C2H6/c1-6(11)7-2-3-9-8(4-7)5-10-12-9;1-2/h2-5H,1H3;1-2H3. The Morgan fingerprint density at radius 1 is 1.36 bits per heavy atom. The van der Waals surface area contributed by atoms with Crippen LogP contribution in [-0.2, 0) is 0 Å². The Hall–Kier alpha value is -1.22. The highest BCUT2D eigenvalue weighted by molar-refractivity contribution is 7.13. The molecule has 1 aromatic carbocycles. The van der Waals surface area contributed by atoms with Gasteiger partial charge in [0, 0.05) is 17.1 Å². The van der Waals surface area contributed by atoms with Gasteiger partial charge >= 0.3 is 0 Å². The minimum atomic E-state index is 0.100. The number of nitrogens with zero attached hydrogens (tertiary/aromatic N) is 1. The van der Waals surface area contributed by atoms with E-state index in [1.165, 1.54) is 11.5 Å². The van der Waals surface area contributed by atoms with Crippen LogP contribution in [0.5, 0.6) is 0 Å². The first-order valence-corrected chi connectivity index (χ1v) is 5.40. The summed E-state index contributed by atoms with van der Waals surface area (Å²) < 4.78 is 5.16. The largest absolute Gasteiger partial charge is 0.295 e. The lowest BCUT2D eigenvalue weighted by Crippen LogP contribution is -1.89. The Morgan fingerprint density at radius 2 is 2.07 bits per heavy atom. The van der Waals surface area contributed by atoms with Crippen LogP contribution in [0, 0.1) is 0 Å². The average Bonchev–Trinajstić information content (AvgIpc) is 2.67. The molecule has 0 radical (unpaired) electrons. The van der Waals surface area contributed by atoms with E-state index in [9.17, 15) is 4.79 Å². The van der Waals surface area contributed by atoms with Crippen molar-refractivity contribution in [3.8, 4) is 0 Å². The van der Waals surface area contributed by atoms with Crippen LogP contribution in [0.3, 0.4) is 0 Å². The predicted molar refractivity (Wildman–Crippen MR) is 61.0 cm³/mol. The molecule has 0 amide bonds. The third-order valence-electron chi connectivity index (χ3n) is 1.76. The van der Waals surface area contributed by atoms with Crippen molar-refractivity contribution in [1.29, 1.82) is 0 Å². The minimum Gasteiger partial charge on any atom is -0.295 e. The van der Waals surface area contributed by atoms with Crippen molar-refractivity contribution in [2.45, 2.75) is 20.8 Å². The number of benzene rings is 1. The van der Waals surface area contributed by atoms with E-state index in [0.717, 1.165) is 15.6 Å². The fourth-order valence-corrected chi connectivity index (χ4v) is 1.72. The topological polar surface area (TPSA) is 30.0 Å². The molecule has 2 aromatic rings. The molecule has 3 heteroatoms. The highest BCUT2D eigenvalue weighted by Gasteiger charge is 2.01. The zero-order chi connectivity index (χ0) is 10.6. The normalized spacial score (nSPS) is 9.36. The van der Waals surface area contributed by atoms with Gasteiger partial charge in [0.2, 0.25) is 0 Å². The quantitative estimate of drug-likeness (QED) is 0.670. The van der Waals surface area contributed by atoms with E-state index in [0.29, 0.717) is 0 Å². The SMILES string of the molecule is CC.CC(=O)c1ccc2sncc2c1. The molecule has 0 saturated carbocycles. The molecule has 0 fully saturated rings. The van der Waals surface area contributed by atoms with Crippen molar-refractivity contribution < 1.29 is 4.79 Å². The van der Waals surface area contributed by atoms with Gasteiger partial charge in [-0.3, -0.25) is 4.79 Å². The van der Waals surface area contributed by atoms with E-state index in [-0.39, 0.29) is 5.78 Å². The molecule has 74 valence electrons. The number of fused-ring (bicyclic) bond motifs is 1. The van der Waals surface area contributed by atoms with Gasteiger partial charge in [-0.15, -0.1) is 0 Å². The second-order valence-electron chi connectivity index (χ2n) is 2.63. The number of carbonyl (C=O) groups excluding carboxylic acids is 1. The Labute approximate surface area is 87.7 Å². The zero-order valence-electron chi connectivity index (χ0n) is 8.57. The molecule has 0 aliphatic rings. The van der Waals surface area contributed by atoms with E-state index in [2.05, 4.69) is 4.37 Å². The molecule has 0 unspecified atom stereocenters. The summed E-state index contributed by atoms with van der Waals surface area (Å²) in [5.41, 5.74) is 0.753. The van der Waals surface area contributed by atoms with E-state index >= 15 is 0 Å². The monoisotopic (exact) mass is 207 g/mol. The van der Waals surface area contributed by atoms with Gasteiger partial charge in [0.1, 0.15) is 0 Å². The number of hydrogen-bond donors (Lipinski definition) is 0. The van der Waals surface area contributed by atoms with Crippen LogP contribution >= 0.6 is 11.5 Å². The number of rotatable bonds is 1. The summed E-state index contributed by atoms with van der Waals surface area (Å²) in [7, 11) is 0. The van der Waals surface area contributed by atoms with Crippen LogP contribution in [0.4, 0.5) is 0 Å². The van der Waals surface area contributed by atoms with E-state index < -0.39 is 0 Å². The Morgan fingerprint density at radius 3 is 2.71 bits per heavy atom. The molecule has 0 aliphatic carbocycles. The van der Waals surface area contributed by atoms with Crippen LogP contribution in [0.25, 0.3) is 10.1 Å². The molecular weight excluding hydrogens is 194 g/mol. The minimum absolute atomic E-state index is 0.100. The summed E-state index contributed by atoms with van der Waals surface area (Å²) in [6.07, 6.45) is 1.78. The lowest BCUT2D eigenvalue weighted by Gasteiger charge is -1.93. The Kier molecular flexibility index (Phi) is 3.77. The first-order valence-electron chi connectivity index (χ1n) is 4.63. The molecule has 2 rings (SSSR count). The summed E-state index contributed by atoms with van der Waals surface area (Å²) in [4.78, 5) is 11.0. The first kappa shape index (κ1) is 10.9. The highest BCUT2D eigenvalue weighted by atomic mass is 32.1. The third-order valence-corrected chi connectivity index (χ3v) is 2.54. The smallest absolute Gasteiger partial charge is 0.159 e. The average molecular weight is 207 g/mol. The van der Waals surface area contributed by atoms with Crippen molar-refractivity contribution in [3.05, 3.63) is 30.0 Å². The Balaban J connectivity index is 0.000000461. The molecule has 0 spiro atoms. The van der Waals surface area contributed by atoms with Crippen LogP contribution in [0.15, 0.2) is 24.4 Å². The number of hydrogen-bond acceptors (Lipinski definition) is 3. The molecule has 0 aliphatic heterocycles. The lowest BCUT2D eigenvalue weighted by atomic mass is 10.1. The maximum Gasteiger partial charge on any atom is 0.159 e. The fraction of sp³-hybridized carbons (Fsp3) is 0.273. The predicted octanol–water partition coefficient (Wildman–Crippen LogP) is 3.53. The van der Waals surface area contributed by atoms with Crippen LogP contribution in [0.2, 0.25) is 0 Å². The van der Waals surface area contributed by atoms with Gasteiger partial charge in [-0.1, -0.05) is 13.8 Å². The van der Waals surface area contributed by atoms with Crippen molar-refractivity contribution in [2.75, 3.05) is 0 Å². The van der Waals surface area contributed by atoms with Crippen molar-refractivity contribution in [3.63, 3.8) is 0 Å². The van der Waals surface area contributed by atoms with E-state index in [1.54, 1.807) is 13.1 Å². The molecule has 2 nitrogen and oxygen atoms in total. The molecule has 0 saturated heterocycles. The summed E-state index contributed by atoms with van der Waals surface area (Å²) in [6.45, 7) is 5.57. The molecule has 14 heavy (non-hydrogen) atoms. The van der Waals surface area contributed by atoms with Crippen molar-refractivity contribution in [2.24, 2.45) is 0 Å². The van der Waals surface area contributed by atoms with Gasteiger partial charge in [-0.05, 0) is 36.7 Å². The molecule has 0 N–H and O–H groups in total. The van der Waals surface area contributed by atoms with Crippen molar-refractivity contribution in [1.82, 2.24) is 4.37 Å². The first-order chi connectivity index (χ1) is 6.77. The molecular formula is C11H13NOS. The number of Topliss-reactive ketones (excluding diaryl/α,β-unsaturated/α-hetero) is 1. The third kappa shape index (κ3) is 2.17. The number of aromatic nitrogens is 1. The van der Waals surface area contributed by atoms with Gasteiger partial charge in [0.05, 0.1) is 4.70 Å². The summed E-state index contributed by atoms with van der Waals surface area (Å²) in [5, 5.41) is 1.05. The molecule has 0 bridgehead atoms. The van der Waals surface area contributed by atoms with Crippen molar-refractivity contribution >= 4 is 27.4 Å². The van der Waals surface area contributed by atoms with E-state index in [1.807, 2.05) is 32.0 Å². The molecule has 1 aromatic heterocycles. The van der Waals surface area contributed by atoms with Gasteiger partial charge in [0.15, 0.2) is 5.78 Å². The number of ketones is 1. The molecule has 0 atom stereocenters. The van der Waals surface area contributed by atoms with E-state index in [4.69, 9.17) is 0 Å². The zero-order valence-corrected chi connectivity index (χ0v) is 9.39. The Bertz CT molecular complexity index is 434. The van der Waals surface area contributed by atoms with Crippen LogP contribution in [0.1, 0.15) is 31.1 Å². The lowest BCUT2D eigenvalue weighted by molar-refractivity contribution is 0.101. The maximum atomic E-state index is 11.0. The second kappa shape index (κ2) is 4.86. The van der Waals surface area contributed by atoms with Gasteiger partial charge in [0.25, 0.3) is 0 Å². The molecule has 1 heterocycles. The highest BCUT2D eigenvalue weighted by Crippen LogP contribution is 2.19.